The smallest absolute Gasteiger partial charge is 0.251 e. The molecule has 1 atom stereocenters. The van der Waals surface area contributed by atoms with E-state index in [-0.39, 0.29) is 36.2 Å². The zero-order valence-electron chi connectivity index (χ0n) is 28.7. The van der Waals surface area contributed by atoms with Crippen molar-refractivity contribution in [2.24, 2.45) is 0 Å². The summed E-state index contributed by atoms with van der Waals surface area (Å²) >= 11 is 6.13. The van der Waals surface area contributed by atoms with Gasteiger partial charge in [0.2, 0.25) is 11.8 Å². The zero-order chi connectivity index (χ0) is 35.1. The molecule has 11 heteroatoms. The van der Waals surface area contributed by atoms with E-state index in [1.807, 2.05) is 61.6 Å². The molecule has 1 saturated carbocycles. The van der Waals surface area contributed by atoms with Crippen LogP contribution >= 0.6 is 11.6 Å². The van der Waals surface area contributed by atoms with Crippen LogP contribution in [-0.2, 0) is 27.3 Å². The van der Waals surface area contributed by atoms with Crippen LogP contribution in [0.1, 0.15) is 66.4 Å². The minimum atomic E-state index is -0.882. The van der Waals surface area contributed by atoms with Crippen molar-refractivity contribution in [3.8, 4) is 0 Å². The van der Waals surface area contributed by atoms with Gasteiger partial charge in [-0.15, -0.1) is 0 Å². The van der Waals surface area contributed by atoms with E-state index in [0.29, 0.717) is 56.2 Å². The molecule has 10 nitrogen and oxygen atoms in total. The summed E-state index contributed by atoms with van der Waals surface area (Å²) in [5.74, 6) is -0.735. The minimum absolute atomic E-state index is 0.00813. The number of hydrogen-bond acceptors (Lipinski definition) is 6. The summed E-state index contributed by atoms with van der Waals surface area (Å²) in [5.41, 5.74) is 2.42. The lowest BCUT2D eigenvalue weighted by Gasteiger charge is -2.44. The summed E-state index contributed by atoms with van der Waals surface area (Å²) in [6.07, 6.45) is 6.48. The first-order valence-electron chi connectivity index (χ1n) is 17.7. The van der Waals surface area contributed by atoms with Gasteiger partial charge in [0.15, 0.2) is 0 Å². The van der Waals surface area contributed by atoms with Gasteiger partial charge >= 0.3 is 0 Å². The van der Waals surface area contributed by atoms with Gasteiger partial charge in [-0.2, -0.15) is 0 Å². The average molecular weight is 699 g/mol. The van der Waals surface area contributed by atoms with Crippen molar-refractivity contribution >= 4 is 40.9 Å². The highest BCUT2D eigenvalue weighted by molar-refractivity contribution is 6.30. The molecule has 1 spiro atoms. The van der Waals surface area contributed by atoms with E-state index in [4.69, 9.17) is 11.6 Å². The fourth-order valence-electron chi connectivity index (χ4n) is 7.61. The predicted octanol–water partition coefficient (Wildman–Crippen LogP) is 4.52. The lowest BCUT2D eigenvalue weighted by Crippen LogP contribution is -2.60. The van der Waals surface area contributed by atoms with Crippen molar-refractivity contribution in [3.05, 3.63) is 101 Å². The standard InChI is InChI=1S/C39H47ClN6O4/c1-41-25-29-12-16-30(17-13-29)36(48)43-34(24-28-14-18-31(40)19-15-28)37(49)44-22-20-39(21-23-44)38(50)45(27-46(39)33-10-6-3-7-11-33)26-35(47)42-32-8-4-2-5-9-32/h3,6-7,10-19,32,34,41H,2,4-5,8-9,20-27H2,1H3,(H,42,47)(H,43,48). The summed E-state index contributed by atoms with van der Waals surface area (Å²) in [5, 5.41) is 9.85. The molecule has 2 aliphatic heterocycles. The first-order chi connectivity index (χ1) is 24.3. The molecule has 3 aliphatic rings. The van der Waals surface area contributed by atoms with Crippen molar-refractivity contribution in [1.82, 2.24) is 25.8 Å². The Labute approximate surface area is 299 Å². The van der Waals surface area contributed by atoms with Crippen LogP contribution in [0.2, 0.25) is 5.02 Å². The number of rotatable bonds is 11. The van der Waals surface area contributed by atoms with Gasteiger partial charge < -0.3 is 30.7 Å². The summed E-state index contributed by atoms with van der Waals surface area (Å²) < 4.78 is 0. The second kappa shape index (κ2) is 16.1. The van der Waals surface area contributed by atoms with Crippen molar-refractivity contribution < 1.29 is 19.2 Å². The number of halogens is 1. The van der Waals surface area contributed by atoms with Gasteiger partial charge in [0.25, 0.3) is 11.8 Å². The summed E-state index contributed by atoms with van der Waals surface area (Å²) in [6.45, 7) is 1.67. The van der Waals surface area contributed by atoms with Crippen LogP contribution < -0.4 is 20.9 Å². The Balaban J connectivity index is 1.17. The Morgan fingerprint density at radius 3 is 2.20 bits per heavy atom. The molecule has 3 fully saturated rings. The molecule has 2 saturated heterocycles. The number of nitrogens with zero attached hydrogens (tertiary/aromatic N) is 3. The number of hydrogen-bond donors (Lipinski definition) is 3. The van der Waals surface area contributed by atoms with Crippen LogP contribution in [0.15, 0.2) is 78.9 Å². The Kier molecular flexibility index (Phi) is 11.4. The third-order valence-corrected chi connectivity index (χ3v) is 10.6. The number of carbonyl (C=O) groups excluding carboxylic acids is 4. The highest BCUT2D eigenvalue weighted by atomic mass is 35.5. The van der Waals surface area contributed by atoms with Gasteiger partial charge in [0.1, 0.15) is 18.1 Å². The van der Waals surface area contributed by atoms with Crippen LogP contribution in [0, 0.1) is 0 Å². The van der Waals surface area contributed by atoms with E-state index in [1.165, 1.54) is 6.42 Å². The second-order valence-corrected chi connectivity index (χ2v) is 14.2. The molecule has 0 bridgehead atoms. The van der Waals surface area contributed by atoms with E-state index in [0.717, 1.165) is 42.5 Å². The molecular formula is C39H47ClN6O4. The second-order valence-electron chi connectivity index (χ2n) is 13.8. The lowest BCUT2D eigenvalue weighted by atomic mass is 9.85. The molecule has 6 rings (SSSR count). The monoisotopic (exact) mass is 698 g/mol. The number of piperidine rings is 1. The molecule has 3 aromatic carbocycles. The minimum Gasteiger partial charge on any atom is -0.352 e. The first kappa shape index (κ1) is 35.4. The van der Waals surface area contributed by atoms with E-state index in [2.05, 4.69) is 20.9 Å². The maximum Gasteiger partial charge on any atom is 0.251 e. The van der Waals surface area contributed by atoms with E-state index < -0.39 is 11.6 Å². The third kappa shape index (κ3) is 8.13. The number of nitrogens with one attached hydrogen (secondary N) is 3. The normalized spacial score (nSPS) is 18.3. The van der Waals surface area contributed by atoms with Crippen molar-refractivity contribution in [3.63, 3.8) is 0 Å². The van der Waals surface area contributed by atoms with Crippen LogP contribution in [-0.4, -0.2) is 84.4 Å². The Morgan fingerprint density at radius 2 is 1.54 bits per heavy atom. The number of para-hydroxylation sites is 1. The fourth-order valence-corrected chi connectivity index (χ4v) is 7.74. The molecule has 1 aliphatic carbocycles. The molecule has 264 valence electrons. The van der Waals surface area contributed by atoms with Gasteiger partial charge in [-0.1, -0.05) is 73.3 Å². The number of likely N-dealkylation sites (tertiary alicyclic amines) is 1. The highest BCUT2D eigenvalue weighted by Crippen LogP contribution is 2.39. The van der Waals surface area contributed by atoms with Crippen LogP contribution in [0.5, 0.6) is 0 Å². The molecule has 1 unspecified atom stereocenters. The van der Waals surface area contributed by atoms with E-state index in [9.17, 15) is 19.2 Å². The van der Waals surface area contributed by atoms with Crippen LogP contribution in [0.3, 0.4) is 0 Å². The molecule has 0 radical (unpaired) electrons. The van der Waals surface area contributed by atoms with Gasteiger partial charge in [-0.3, -0.25) is 19.2 Å². The first-order valence-corrected chi connectivity index (χ1v) is 18.1. The molecule has 3 N–H and O–H groups in total. The molecular weight excluding hydrogens is 652 g/mol. The maximum absolute atomic E-state index is 14.3. The van der Waals surface area contributed by atoms with Crippen molar-refractivity contribution in [1.29, 1.82) is 0 Å². The van der Waals surface area contributed by atoms with E-state index in [1.54, 1.807) is 34.1 Å². The van der Waals surface area contributed by atoms with Gasteiger partial charge in [-0.05, 0) is 80.3 Å². The zero-order valence-corrected chi connectivity index (χ0v) is 29.5. The average Bonchev–Trinajstić information content (AvgIpc) is 3.39. The molecule has 50 heavy (non-hydrogen) atoms. The van der Waals surface area contributed by atoms with E-state index >= 15 is 0 Å². The number of amides is 4. The fraction of sp³-hybridized carbons (Fsp3) is 0.436. The SMILES string of the molecule is CNCc1ccc(C(=O)NC(Cc2ccc(Cl)cc2)C(=O)N2CCC3(CC2)C(=O)N(CC(=O)NC2CCCCC2)CN3c2ccccc2)cc1. The quantitative estimate of drug-likeness (QED) is 0.272. The van der Waals surface area contributed by atoms with Crippen LogP contribution in [0.4, 0.5) is 5.69 Å². The van der Waals surface area contributed by atoms with Crippen molar-refractivity contribution in [2.75, 3.05) is 38.3 Å². The molecule has 4 amide bonds. The summed E-state index contributed by atoms with van der Waals surface area (Å²) in [4.78, 5) is 60.6. The largest absolute Gasteiger partial charge is 0.352 e. The third-order valence-electron chi connectivity index (χ3n) is 10.3. The predicted molar refractivity (Wildman–Crippen MR) is 195 cm³/mol. The molecule has 3 aromatic rings. The lowest BCUT2D eigenvalue weighted by molar-refractivity contribution is -0.140. The van der Waals surface area contributed by atoms with Gasteiger partial charge in [0.05, 0.1) is 6.67 Å². The maximum atomic E-state index is 14.3. The number of carbonyl (C=O) groups is 4. The Morgan fingerprint density at radius 1 is 0.880 bits per heavy atom. The summed E-state index contributed by atoms with van der Waals surface area (Å²) in [6, 6.07) is 23.7. The highest BCUT2D eigenvalue weighted by Gasteiger charge is 2.54. The number of anilines is 1. The molecule has 0 aromatic heterocycles. The molecule has 2 heterocycles. The van der Waals surface area contributed by atoms with Gasteiger partial charge in [0, 0.05) is 48.4 Å². The summed E-state index contributed by atoms with van der Waals surface area (Å²) in [7, 11) is 1.87. The van der Waals surface area contributed by atoms with Crippen molar-refractivity contribution in [2.45, 2.75) is 75.5 Å². The topological polar surface area (TPSA) is 114 Å². The van der Waals surface area contributed by atoms with Gasteiger partial charge in [-0.25, -0.2) is 0 Å². The Hall–Kier alpha value is -4.41. The Bertz CT molecular complexity index is 1640. The number of benzene rings is 3. The van der Waals surface area contributed by atoms with Crippen LogP contribution in [0.25, 0.3) is 0 Å².